The quantitative estimate of drug-likeness (QED) is 0.390. The van der Waals surface area contributed by atoms with Crippen LogP contribution >= 0.6 is 42.0 Å². The van der Waals surface area contributed by atoms with Crippen LogP contribution in [0, 0.1) is 0 Å². The van der Waals surface area contributed by atoms with Gasteiger partial charge in [0.05, 0.1) is 0 Å². The Morgan fingerprint density at radius 3 is 1.14 bits per heavy atom. The minimum Gasteiger partial charge on any atom is -0.672 e. The van der Waals surface area contributed by atoms with E-state index in [1.165, 1.54) is 0 Å². The van der Waals surface area contributed by atoms with Crippen LogP contribution in [0.2, 0.25) is 10.0 Å². The van der Waals surface area contributed by atoms with E-state index in [0.29, 0.717) is 10.0 Å². The molecule has 0 aromatic heterocycles. The molecule has 0 aliphatic rings. The second-order valence-corrected chi connectivity index (χ2v) is 8.26. The molecule has 0 bridgehead atoms. The first kappa shape index (κ1) is 19.3. The zero-order chi connectivity index (χ0) is 15.8. The van der Waals surface area contributed by atoms with Crippen LogP contribution < -0.4 is 0 Å². The summed E-state index contributed by atoms with van der Waals surface area (Å²) in [6, 6.07) is 12.9. The summed E-state index contributed by atoms with van der Waals surface area (Å²) in [4.78, 5) is 0. The average molecular weight is 545 g/mol. The predicted octanol–water partition coefficient (Wildman–Crippen LogP) is 7.26. The van der Waals surface area contributed by atoms with E-state index in [9.17, 15) is 0 Å². The zero-order valence-electron chi connectivity index (χ0n) is 10.6. The van der Waals surface area contributed by atoms with E-state index in [0.717, 1.165) is 11.1 Å². The largest absolute Gasteiger partial charge is 0.672 e. The van der Waals surface area contributed by atoms with Gasteiger partial charge in [-0.15, -0.1) is 12.1 Å². The Kier molecular flexibility index (Phi) is 9.24. The van der Waals surface area contributed by atoms with Gasteiger partial charge < -0.3 is 11.5 Å². The number of hydrogen-bond donors (Lipinski definition) is 0. The molecule has 0 amide bonds. The van der Waals surface area contributed by atoms with Crippen molar-refractivity contribution in [3.8, 4) is 0 Å². The van der Waals surface area contributed by atoms with Gasteiger partial charge in [-0.05, 0) is 24.3 Å². The summed E-state index contributed by atoms with van der Waals surface area (Å²) in [5, 5.41) is 1.28. The minimum absolute atomic E-state index is 0.472. The fourth-order valence-electron chi connectivity index (χ4n) is 1.73. The van der Waals surface area contributed by atoms with Gasteiger partial charge in [-0.25, -0.2) is 0 Å². The molecule has 2 atom stereocenters. The van der Waals surface area contributed by atoms with Crippen LogP contribution in [0.4, 0.5) is 0 Å². The Labute approximate surface area is 151 Å². The summed E-state index contributed by atoms with van der Waals surface area (Å²) in [7, 11) is 9.75. The standard InChI is InChI=1S/C14H12Cl2N2.2ClH.Pt/c15-11-5-1-9(2-6-11)13(17)14(18)10-3-7-12(16)8-4-10;;;/h1-8,13-14,17-18H;2*1H;/q-2;;;+4/p-2. The van der Waals surface area contributed by atoms with Crippen molar-refractivity contribution in [3.05, 3.63) is 81.2 Å². The Hall–Kier alpha value is 0.208. The summed E-state index contributed by atoms with van der Waals surface area (Å²) >= 11 is 11.1. The fraction of sp³-hybridized carbons (Fsp3) is 0.143. The van der Waals surface area contributed by atoms with Crippen LogP contribution in [0.3, 0.4) is 0 Å². The first-order valence-corrected chi connectivity index (χ1v) is 12.1. The monoisotopic (exact) mass is 543 g/mol. The topological polar surface area (TPSA) is 47.6 Å². The number of rotatable bonds is 3. The average Bonchev–Trinajstić information content (AvgIpc) is 2.48. The van der Waals surface area contributed by atoms with Gasteiger partial charge in [-0.3, -0.25) is 0 Å². The second kappa shape index (κ2) is 10.1. The molecule has 2 rings (SSSR count). The Morgan fingerprint density at radius 2 is 0.905 bits per heavy atom. The molecular weight excluding hydrogens is 533 g/mol. The normalized spacial score (nSPS) is 13.2. The van der Waals surface area contributed by atoms with Crippen molar-refractivity contribution >= 4 is 42.0 Å². The third-order valence-corrected chi connectivity index (χ3v) is 3.30. The van der Waals surface area contributed by atoms with Crippen LogP contribution in [-0.4, -0.2) is 0 Å². The Bertz CT molecular complexity index is 484. The van der Waals surface area contributed by atoms with Crippen molar-refractivity contribution in [2.24, 2.45) is 0 Å². The van der Waals surface area contributed by atoms with Crippen LogP contribution in [0.25, 0.3) is 11.5 Å². The molecule has 2 aromatic rings. The minimum atomic E-state index is -0.636. The first-order valence-electron chi connectivity index (χ1n) is 5.75. The van der Waals surface area contributed by atoms with Gasteiger partial charge in [0.1, 0.15) is 0 Å². The van der Waals surface area contributed by atoms with Gasteiger partial charge in [0.25, 0.3) is 0 Å². The third kappa shape index (κ3) is 6.46. The van der Waals surface area contributed by atoms with Gasteiger partial charge in [-0.1, -0.05) is 58.6 Å². The summed E-state index contributed by atoms with van der Waals surface area (Å²) in [5.74, 6) is 0. The molecular formula is C14H12Cl4N2Pt. The van der Waals surface area contributed by atoms with Crippen molar-refractivity contribution in [3.63, 3.8) is 0 Å². The molecule has 0 spiro atoms. The van der Waals surface area contributed by atoms with E-state index in [2.05, 4.69) is 0 Å². The molecule has 116 valence electrons. The molecule has 0 heterocycles. The fourth-order valence-corrected chi connectivity index (χ4v) is 1.98. The van der Waals surface area contributed by atoms with E-state index < -0.39 is 28.6 Å². The molecule has 2 nitrogen and oxygen atoms in total. The first-order chi connectivity index (χ1) is 9.99. The van der Waals surface area contributed by atoms with Crippen molar-refractivity contribution < 1.29 is 16.5 Å². The maximum atomic E-state index is 8.12. The molecule has 0 aliphatic carbocycles. The van der Waals surface area contributed by atoms with Gasteiger partial charge in [0.2, 0.25) is 0 Å². The van der Waals surface area contributed by atoms with Gasteiger partial charge in [-0.2, -0.15) is 0 Å². The molecule has 2 unspecified atom stereocenters. The molecule has 2 N–H and O–H groups in total. The van der Waals surface area contributed by atoms with Crippen LogP contribution in [-0.2, 0) is 16.5 Å². The van der Waals surface area contributed by atoms with E-state index in [-0.39, 0.29) is 0 Å². The molecule has 21 heavy (non-hydrogen) atoms. The number of nitrogens with one attached hydrogen (secondary N) is 2. The summed E-state index contributed by atoms with van der Waals surface area (Å²) < 4.78 is 0. The number of hydrogen-bond acceptors (Lipinski definition) is 0. The zero-order valence-corrected chi connectivity index (χ0v) is 15.9. The molecule has 0 saturated carbocycles. The smallest absolute Gasteiger partial charge is 0.0406 e. The summed E-state index contributed by atoms with van der Waals surface area (Å²) in [6.45, 7) is 0. The third-order valence-electron chi connectivity index (χ3n) is 2.79. The van der Waals surface area contributed by atoms with Gasteiger partial charge >= 0.3 is 35.3 Å². The molecule has 7 heteroatoms. The maximum absolute atomic E-state index is 8.12. The SMILES string of the molecule is [Cl][Pt+2][Cl].[NH-]C(c1ccc(Cl)cc1)C([NH-])c1ccc(Cl)cc1. The molecule has 0 aliphatic heterocycles. The van der Waals surface area contributed by atoms with E-state index in [1.807, 2.05) is 0 Å². The van der Waals surface area contributed by atoms with Crippen molar-refractivity contribution in [2.75, 3.05) is 0 Å². The second-order valence-electron chi connectivity index (χ2n) is 4.10. The summed E-state index contributed by atoms with van der Waals surface area (Å²) in [5.41, 5.74) is 17.8. The predicted molar refractivity (Wildman–Crippen MR) is 88.7 cm³/mol. The Morgan fingerprint density at radius 1 is 0.667 bits per heavy atom. The van der Waals surface area contributed by atoms with Crippen LogP contribution in [0.5, 0.6) is 0 Å². The van der Waals surface area contributed by atoms with Crippen LogP contribution in [0.15, 0.2) is 48.5 Å². The summed E-state index contributed by atoms with van der Waals surface area (Å²) in [6.07, 6.45) is 0. The van der Waals surface area contributed by atoms with Gasteiger partial charge in [0.15, 0.2) is 0 Å². The van der Waals surface area contributed by atoms with Crippen molar-refractivity contribution in [1.82, 2.24) is 0 Å². The molecule has 0 radical (unpaired) electrons. The van der Waals surface area contributed by atoms with Crippen molar-refractivity contribution in [1.29, 1.82) is 0 Å². The van der Waals surface area contributed by atoms with Gasteiger partial charge in [0, 0.05) is 10.0 Å². The van der Waals surface area contributed by atoms with E-state index >= 15 is 0 Å². The molecule has 0 saturated heterocycles. The van der Waals surface area contributed by atoms with E-state index in [4.69, 9.17) is 53.5 Å². The van der Waals surface area contributed by atoms with Crippen molar-refractivity contribution in [2.45, 2.75) is 12.1 Å². The number of halogens is 4. The number of benzene rings is 2. The molecule has 0 fully saturated rings. The maximum Gasteiger partial charge on any atom is 0.0406 e. The Balaban J connectivity index is 0.000000677. The van der Waals surface area contributed by atoms with Crippen LogP contribution in [0.1, 0.15) is 23.2 Å². The van der Waals surface area contributed by atoms with E-state index in [1.54, 1.807) is 48.5 Å². The molecule has 2 aromatic carbocycles.